The van der Waals surface area contributed by atoms with E-state index < -0.39 is 0 Å². The maximum atomic E-state index is 5.71. The van der Waals surface area contributed by atoms with E-state index in [4.69, 9.17) is 4.42 Å². The minimum Gasteiger partial charge on any atom is -0.418 e. The van der Waals surface area contributed by atoms with Crippen LogP contribution in [0.3, 0.4) is 0 Å². The summed E-state index contributed by atoms with van der Waals surface area (Å²) in [7, 11) is 0. The van der Waals surface area contributed by atoms with Crippen LogP contribution in [0.15, 0.2) is 20.3 Å². The molecule has 0 aliphatic carbocycles. The Bertz CT molecular complexity index is 483. The van der Waals surface area contributed by atoms with Gasteiger partial charge in [-0.25, -0.2) is 0 Å². The summed E-state index contributed by atoms with van der Waals surface area (Å²) in [6, 6.07) is 2.12. The highest BCUT2D eigenvalue weighted by Crippen LogP contribution is 2.33. The Labute approximate surface area is 113 Å². The first-order valence-electron chi connectivity index (χ1n) is 5.56. The number of rotatable bonds is 5. The van der Waals surface area contributed by atoms with Gasteiger partial charge in [0, 0.05) is 4.47 Å². The molecule has 0 bridgehead atoms. The van der Waals surface area contributed by atoms with E-state index in [9.17, 15) is 0 Å². The van der Waals surface area contributed by atoms with Crippen LogP contribution in [-0.4, -0.2) is 16.7 Å². The van der Waals surface area contributed by atoms with Crippen molar-refractivity contribution in [2.45, 2.75) is 26.3 Å². The number of hydrogen-bond acceptors (Lipinski definition) is 5. The molecular formula is C11H14BrN3OS. The Kier molecular flexibility index (Phi) is 4.31. The SMILES string of the molecule is CCNC(CC)c1nnc(-c2sccc2Br)o1. The van der Waals surface area contributed by atoms with Gasteiger partial charge in [0.25, 0.3) is 5.89 Å². The summed E-state index contributed by atoms with van der Waals surface area (Å²) >= 11 is 5.05. The van der Waals surface area contributed by atoms with Crippen molar-refractivity contribution < 1.29 is 4.42 Å². The van der Waals surface area contributed by atoms with Crippen molar-refractivity contribution in [2.24, 2.45) is 0 Å². The number of nitrogens with one attached hydrogen (secondary N) is 1. The van der Waals surface area contributed by atoms with Crippen molar-refractivity contribution in [3.8, 4) is 10.8 Å². The third kappa shape index (κ3) is 2.75. The molecule has 4 nitrogen and oxygen atoms in total. The molecule has 1 atom stereocenters. The van der Waals surface area contributed by atoms with Crippen LogP contribution in [0.5, 0.6) is 0 Å². The number of nitrogens with zero attached hydrogens (tertiary/aromatic N) is 2. The molecule has 2 aromatic rings. The van der Waals surface area contributed by atoms with Gasteiger partial charge in [0.15, 0.2) is 0 Å². The van der Waals surface area contributed by atoms with E-state index in [2.05, 4.69) is 45.3 Å². The van der Waals surface area contributed by atoms with E-state index in [1.54, 1.807) is 11.3 Å². The standard InChI is InChI=1S/C11H14BrN3OS/c1-3-8(13-4-2)10-14-15-11(16-10)9-7(12)5-6-17-9/h5-6,8,13H,3-4H2,1-2H3. The predicted octanol–water partition coefficient (Wildman–Crippen LogP) is 3.62. The number of aromatic nitrogens is 2. The van der Waals surface area contributed by atoms with Crippen molar-refractivity contribution in [3.05, 3.63) is 21.8 Å². The Hall–Kier alpha value is -0.720. The Morgan fingerprint density at radius 3 is 2.88 bits per heavy atom. The van der Waals surface area contributed by atoms with Crippen molar-refractivity contribution in [3.63, 3.8) is 0 Å². The van der Waals surface area contributed by atoms with Gasteiger partial charge in [-0.1, -0.05) is 13.8 Å². The van der Waals surface area contributed by atoms with E-state index in [0.717, 1.165) is 22.3 Å². The van der Waals surface area contributed by atoms with Crippen LogP contribution in [0.1, 0.15) is 32.2 Å². The van der Waals surface area contributed by atoms with Gasteiger partial charge in [-0.15, -0.1) is 21.5 Å². The molecule has 92 valence electrons. The largest absolute Gasteiger partial charge is 0.418 e. The molecule has 0 saturated carbocycles. The highest BCUT2D eigenvalue weighted by Gasteiger charge is 2.18. The maximum Gasteiger partial charge on any atom is 0.258 e. The van der Waals surface area contributed by atoms with Crippen molar-refractivity contribution in [1.82, 2.24) is 15.5 Å². The Morgan fingerprint density at radius 1 is 1.47 bits per heavy atom. The molecule has 0 aliphatic rings. The van der Waals surface area contributed by atoms with Crippen molar-refractivity contribution in [2.75, 3.05) is 6.54 Å². The van der Waals surface area contributed by atoms with Crippen LogP contribution in [0, 0.1) is 0 Å². The molecule has 2 heterocycles. The Balaban J connectivity index is 2.24. The second kappa shape index (κ2) is 5.75. The van der Waals surface area contributed by atoms with Gasteiger partial charge >= 0.3 is 0 Å². The van der Waals surface area contributed by atoms with Gasteiger partial charge in [0.2, 0.25) is 5.89 Å². The molecule has 2 rings (SSSR count). The molecule has 0 fully saturated rings. The van der Waals surface area contributed by atoms with Gasteiger partial charge in [-0.3, -0.25) is 0 Å². The van der Waals surface area contributed by atoms with Gasteiger partial charge in [0.1, 0.15) is 4.88 Å². The van der Waals surface area contributed by atoms with E-state index in [1.165, 1.54) is 0 Å². The van der Waals surface area contributed by atoms with Crippen LogP contribution >= 0.6 is 27.3 Å². The van der Waals surface area contributed by atoms with E-state index >= 15 is 0 Å². The molecular weight excluding hydrogens is 302 g/mol. The van der Waals surface area contributed by atoms with E-state index in [1.807, 2.05) is 11.4 Å². The average molecular weight is 316 g/mol. The van der Waals surface area contributed by atoms with Gasteiger partial charge in [-0.2, -0.15) is 0 Å². The second-order valence-corrected chi connectivity index (χ2v) is 5.33. The molecule has 0 spiro atoms. The summed E-state index contributed by atoms with van der Waals surface area (Å²) in [6.07, 6.45) is 0.932. The molecule has 0 saturated heterocycles. The molecule has 17 heavy (non-hydrogen) atoms. The normalized spacial score (nSPS) is 12.9. The third-order valence-corrected chi connectivity index (χ3v) is 4.23. The summed E-state index contributed by atoms with van der Waals surface area (Å²) in [5.74, 6) is 1.24. The monoisotopic (exact) mass is 315 g/mol. The van der Waals surface area contributed by atoms with Crippen LogP contribution < -0.4 is 5.32 Å². The lowest BCUT2D eigenvalue weighted by molar-refractivity contribution is 0.402. The first-order valence-corrected chi connectivity index (χ1v) is 7.23. The smallest absolute Gasteiger partial charge is 0.258 e. The van der Waals surface area contributed by atoms with Crippen LogP contribution in [0.25, 0.3) is 10.8 Å². The quantitative estimate of drug-likeness (QED) is 0.915. The van der Waals surface area contributed by atoms with Gasteiger partial charge < -0.3 is 9.73 Å². The fourth-order valence-electron chi connectivity index (χ4n) is 1.57. The van der Waals surface area contributed by atoms with Crippen LogP contribution in [0.2, 0.25) is 0 Å². The third-order valence-electron chi connectivity index (χ3n) is 2.41. The van der Waals surface area contributed by atoms with Crippen molar-refractivity contribution >= 4 is 27.3 Å². The molecule has 0 aromatic carbocycles. The summed E-state index contributed by atoms with van der Waals surface area (Å²) in [4.78, 5) is 0.982. The van der Waals surface area contributed by atoms with Crippen molar-refractivity contribution in [1.29, 1.82) is 0 Å². The first-order chi connectivity index (χ1) is 8.26. The zero-order chi connectivity index (χ0) is 12.3. The molecule has 0 radical (unpaired) electrons. The molecule has 6 heteroatoms. The topological polar surface area (TPSA) is 51.0 Å². The maximum absolute atomic E-state index is 5.71. The van der Waals surface area contributed by atoms with E-state index in [0.29, 0.717) is 11.8 Å². The number of hydrogen-bond donors (Lipinski definition) is 1. The molecule has 2 aromatic heterocycles. The summed E-state index contributed by atoms with van der Waals surface area (Å²) in [5, 5.41) is 13.5. The number of halogens is 1. The number of thiophene rings is 1. The lowest BCUT2D eigenvalue weighted by Gasteiger charge is -2.09. The second-order valence-electron chi connectivity index (χ2n) is 3.56. The minimum absolute atomic E-state index is 0.139. The zero-order valence-corrected chi connectivity index (χ0v) is 12.1. The average Bonchev–Trinajstić information content (AvgIpc) is 2.94. The van der Waals surface area contributed by atoms with Crippen LogP contribution in [-0.2, 0) is 0 Å². The minimum atomic E-state index is 0.139. The molecule has 1 unspecified atom stereocenters. The van der Waals surface area contributed by atoms with Gasteiger partial charge in [-0.05, 0) is 40.3 Å². The molecule has 0 aliphatic heterocycles. The van der Waals surface area contributed by atoms with Gasteiger partial charge in [0.05, 0.1) is 6.04 Å². The zero-order valence-electron chi connectivity index (χ0n) is 9.74. The lowest BCUT2D eigenvalue weighted by atomic mass is 10.2. The highest BCUT2D eigenvalue weighted by atomic mass is 79.9. The first kappa shape index (κ1) is 12.7. The Morgan fingerprint density at radius 2 is 2.29 bits per heavy atom. The fourth-order valence-corrected chi connectivity index (χ4v) is 3.03. The predicted molar refractivity (Wildman–Crippen MR) is 72.0 cm³/mol. The summed E-state index contributed by atoms with van der Waals surface area (Å²) in [6.45, 7) is 5.05. The van der Waals surface area contributed by atoms with E-state index in [-0.39, 0.29) is 6.04 Å². The fraction of sp³-hybridized carbons (Fsp3) is 0.455. The molecule has 1 N–H and O–H groups in total. The lowest BCUT2D eigenvalue weighted by Crippen LogP contribution is -2.20. The summed E-state index contributed by atoms with van der Waals surface area (Å²) in [5.41, 5.74) is 0. The van der Waals surface area contributed by atoms with Crippen LogP contribution in [0.4, 0.5) is 0 Å². The summed E-state index contributed by atoms with van der Waals surface area (Å²) < 4.78 is 6.70. The highest BCUT2D eigenvalue weighted by molar-refractivity contribution is 9.10. The molecule has 0 amide bonds.